The van der Waals surface area contributed by atoms with Gasteiger partial charge in [-0.25, -0.2) is 0 Å². The minimum Gasteiger partial charge on any atom is -0.173 e. The Labute approximate surface area is 87.0 Å². The highest BCUT2D eigenvalue weighted by Gasteiger charge is 2.39. The number of rotatable bonds is 1. The van der Waals surface area contributed by atoms with Crippen LogP contribution < -0.4 is 0 Å². The van der Waals surface area contributed by atoms with Crippen LogP contribution in [-0.4, -0.2) is 6.18 Å². The molecule has 0 atom stereocenters. The first-order chi connectivity index (χ1) is 6.84. The summed E-state index contributed by atoms with van der Waals surface area (Å²) in [5.74, 6) is 0. The lowest BCUT2D eigenvalue weighted by Gasteiger charge is -2.11. The van der Waals surface area contributed by atoms with Crippen LogP contribution in [0.4, 0.5) is 22.0 Å². The predicted octanol–water partition coefficient (Wildman–Crippen LogP) is 4.51. The van der Waals surface area contributed by atoms with E-state index in [4.69, 9.17) is 11.6 Å². The van der Waals surface area contributed by atoms with Gasteiger partial charge in [-0.15, -0.1) is 0 Å². The van der Waals surface area contributed by atoms with Crippen LogP contribution in [0.2, 0.25) is 5.02 Å². The molecule has 6 heteroatoms. The summed E-state index contributed by atoms with van der Waals surface area (Å²) in [6.45, 7) is 0. The van der Waals surface area contributed by atoms with Crippen molar-refractivity contribution in [3.63, 3.8) is 0 Å². The lowest BCUT2D eigenvalue weighted by molar-refractivity contribution is -0.0711. The molecule has 1 rings (SSSR count). The maximum absolute atomic E-state index is 12.2. The van der Waals surface area contributed by atoms with E-state index in [1.807, 2.05) is 0 Å². The second kappa shape index (κ2) is 4.18. The average molecular weight is 243 g/mol. The SMILES string of the molecule is FC(F)=C(c1ccccc1Cl)C(F)(F)F. The van der Waals surface area contributed by atoms with E-state index in [0.29, 0.717) is 0 Å². The molecule has 0 aliphatic heterocycles. The summed E-state index contributed by atoms with van der Waals surface area (Å²) in [7, 11) is 0. The number of alkyl halides is 3. The molecule has 0 nitrogen and oxygen atoms in total. The van der Waals surface area contributed by atoms with E-state index in [2.05, 4.69) is 0 Å². The number of halogens is 6. The molecule has 0 radical (unpaired) electrons. The van der Waals surface area contributed by atoms with Gasteiger partial charge < -0.3 is 0 Å². The zero-order valence-corrected chi connectivity index (χ0v) is 7.83. The van der Waals surface area contributed by atoms with Gasteiger partial charge in [0.25, 0.3) is 6.08 Å². The number of allylic oxidation sites excluding steroid dienone is 1. The summed E-state index contributed by atoms with van der Waals surface area (Å²) >= 11 is 5.40. The molecule has 0 aliphatic rings. The van der Waals surface area contributed by atoms with E-state index in [9.17, 15) is 22.0 Å². The van der Waals surface area contributed by atoms with Gasteiger partial charge in [0.2, 0.25) is 0 Å². The summed E-state index contributed by atoms with van der Waals surface area (Å²) < 4.78 is 61.0. The second-order valence-electron chi connectivity index (χ2n) is 2.61. The van der Waals surface area contributed by atoms with Gasteiger partial charge in [0.05, 0.1) is 0 Å². The molecule has 0 amide bonds. The molecule has 0 fully saturated rings. The maximum Gasteiger partial charge on any atom is 0.422 e. The van der Waals surface area contributed by atoms with Gasteiger partial charge in [-0.3, -0.25) is 0 Å². The number of benzene rings is 1. The molecular weight excluding hydrogens is 239 g/mol. The Morgan fingerprint density at radius 1 is 1.07 bits per heavy atom. The lowest BCUT2D eigenvalue weighted by atomic mass is 10.1. The van der Waals surface area contributed by atoms with Gasteiger partial charge in [0.1, 0.15) is 5.57 Å². The Morgan fingerprint density at radius 2 is 1.60 bits per heavy atom. The molecular formula is C9H4ClF5. The highest BCUT2D eigenvalue weighted by atomic mass is 35.5. The summed E-state index contributed by atoms with van der Waals surface area (Å²) in [4.78, 5) is 0. The van der Waals surface area contributed by atoms with E-state index >= 15 is 0 Å². The smallest absolute Gasteiger partial charge is 0.173 e. The largest absolute Gasteiger partial charge is 0.422 e. The Bertz CT molecular complexity index is 390. The number of hydrogen-bond donors (Lipinski definition) is 0. The van der Waals surface area contributed by atoms with E-state index in [0.717, 1.165) is 12.1 Å². The zero-order chi connectivity index (χ0) is 11.6. The summed E-state index contributed by atoms with van der Waals surface area (Å²) in [5.41, 5.74) is -2.71. The van der Waals surface area contributed by atoms with E-state index in [1.54, 1.807) is 0 Å². The minimum absolute atomic E-state index is 0.363. The molecule has 1 aromatic carbocycles. The van der Waals surface area contributed by atoms with Crippen LogP contribution in [0.1, 0.15) is 5.56 Å². The van der Waals surface area contributed by atoms with Crippen molar-refractivity contribution < 1.29 is 22.0 Å². The van der Waals surface area contributed by atoms with E-state index in [-0.39, 0.29) is 5.02 Å². The maximum atomic E-state index is 12.2. The van der Waals surface area contributed by atoms with Crippen LogP contribution in [0.3, 0.4) is 0 Å². The van der Waals surface area contributed by atoms with Crippen molar-refractivity contribution in [2.75, 3.05) is 0 Å². The van der Waals surface area contributed by atoms with Gasteiger partial charge in [-0.05, 0) is 6.07 Å². The van der Waals surface area contributed by atoms with Crippen LogP contribution in [0.5, 0.6) is 0 Å². The van der Waals surface area contributed by atoms with E-state index in [1.165, 1.54) is 12.1 Å². The Balaban J connectivity index is 3.38. The first kappa shape index (κ1) is 12.0. The highest BCUT2D eigenvalue weighted by molar-refractivity contribution is 6.32. The normalized spacial score (nSPS) is 11.3. The monoisotopic (exact) mass is 242 g/mol. The molecule has 1 aromatic rings. The van der Waals surface area contributed by atoms with Crippen LogP contribution in [-0.2, 0) is 0 Å². The fourth-order valence-corrected chi connectivity index (χ4v) is 1.26. The van der Waals surface area contributed by atoms with Gasteiger partial charge in [-0.1, -0.05) is 29.8 Å². The molecule has 82 valence electrons. The summed E-state index contributed by atoms with van der Waals surface area (Å²) in [6, 6.07) is 4.57. The molecule has 0 saturated carbocycles. The Morgan fingerprint density at radius 3 is 2.00 bits per heavy atom. The minimum atomic E-state index is -5.12. The molecule has 15 heavy (non-hydrogen) atoms. The third kappa shape index (κ3) is 2.68. The lowest BCUT2D eigenvalue weighted by Crippen LogP contribution is -2.12. The van der Waals surface area contributed by atoms with Gasteiger partial charge in [0.15, 0.2) is 0 Å². The van der Waals surface area contributed by atoms with Crippen molar-refractivity contribution in [2.24, 2.45) is 0 Å². The molecule has 0 heterocycles. The van der Waals surface area contributed by atoms with Crippen LogP contribution >= 0.6 is 11.6 Å². The van der Waals surface area contributed by atoms with Crippen LogP contribution in [0.15, 0.2) is 30.3 Å². The Kier molecular flexibility index (Phi) is 3.34. The highest BCUT2D eigenvalue weighted by Crippen LogP contribution is 2.39. The first-order valence-electron chi connectivity index (χ1n) is 3.71. The third-order valence-corrected chi connectivity index (χ3v) is 1.95. The molecule has 0 bridgehead atoms. The fourth-order valence-electron chi connectivity index (χ4n) is 1.03. The standard InChI is InChI=1S/C9H4ClF5/c10-6-4-2-1-3-5(6)7(8(11)12)9(13,14)15/h1-4H. The molecule has 0 N–H and O–H groups in total. The van der Waals surface area contributed by atoms with Crippen molar-refractivity contribution in [1.82, 2.24) is 0 Å². The molecule has 0 aliphatic carbocycles. The topological polar surface area (TPSA) is 0 Å². The van der Waals surface area contributed by atoms with Gasteiger partial charge in [0, 0.05) is 10.6 Å². The van der Waals surface area contributed by atoms with Crippen molar-refractivity contribution in [2.45, 2.75) is 6.18 Å². The van der Waals surface area contributed by atoms with Gasteiger partial charge >= 0.3 is 6.18 Å². The average Bonchev–Trinajstić information content (AvgIpc) is 2.05. The third-order valence-electron chi connectivity index (χ3n) is 1.62. The predicted molar refractivity (Wildman–Crippen MR) is 46.6 cm³/mol. The zero-order valence-electron chi connectivity index (χ0n) is 7.08. The first-order valence-corrected chi connectivity index (χ1v) is 4.09. The van der Waals surface area contributed by atoms with Crippen LogP contribution in [0, 0.1) is 0 Å². The quantitative estimate of drug-likeness (QED) is 0.636. The van der Waals surface area contributed by atoms with Crippen molar-refractivity contribution in [1.29, 1.82) is 0 Å². The van der Waals surface area contributed by atoms with Crippen molar-refractivity contribution in [3.05, 3.63) is 40.9 Å². The Hall–Kier alpha value is -1.10. The molecule has 0 unspecified atom stereocenters. The molecule has 0 spiro atoms. The summed E-state index contributed by atoms with van der Waals surface area (Å²) in [6.07, 6.45) is -7.92. The number of hydrogen-bond acceptors (Lipinski definition) is 0. The van der Waals surface area contributed by atoms with Crippen molar-refractivity contribution in [3.8, 4) is 0 Å². The second-order valence-corrected chi connectivity index (χ2v) is 3.02. The van der Waals surface area contributed by atoms with Crippen LogP contribution in [0.25, 0.3) is 5.57 Å². The molecule has 0 aromatic heterocycles. The summed E-state index contributed by atoms with van der Waals surface area (Å²) in [5, 5.41) is -0.363. The molecule has 0 saturated heterocycles. The van der Waals surface area contributed by atoms with E-state index < -0.39 is 23.4 Å². The fraction of sp³-hybridized carbons (Fsp3) is 0.111. The van der Waals surface area contributed by atoms with Crippen molar-refractivity contribution >= 4 is 17.2 Å². The van der Waals surface area contributed by atoms with Gasteiger partial charge in [-0.2, -0.15) is 22.0 Å².